The summed E-state index contributed by atoms with van der Waals surface area (Å²) in [6.45, 7) is 6.02. The van der Waals surface area contributed by atoms with Crippen molar-refractivity contribution in [1.29, 1.82) is 0 Å². The summed E-state index contributed by atoms with van der Waals surface area (Å²) in [5.41, 5.74) is 2.75. The van der Waals surface area contributed by atoms with Crippen molar-refractivity contribution in [1.82, 2.24) is 19.7 Å². The minimum Gasteiger partial charge on any atom is -0.350 e. The van der Waals surface area contributed by atoms with Crippen LogP contribution >= 0.6 is 0 Å². The molecule has 0 fully saturated rings. The van der Waals surface area contributed by atoms with Gasteiger partial charge in [0.1, 0.15) is 5.56 Å². The molecule has 0 aliphatic carbocycles. The number of rotatable bonds is 5. The van der Waals surface area contributed by atoms with E-state index in [0.29, 0.717) is 5.56 Å². The highest BCUT2D eigenvalue weighted by Gasteiger charge is 2.20. The van der Waals surface area contributed by atoms with Crippen molar-refractivity contribution >= 4 is 5.91 Å². The molecule has 2 heterocycles. The molecule has 1 aromatic carbocycles. The van der Waals surface area contributed by atoms with Gasteiger partial charge in [-0.25, -0.2) is 4.68 Å². The number of aryl methyl sites for hydroxylation is 1. The third-order valence-electron chi connectivity index (χ3n) is 3.85. The number of aromatic nitrogens is 3. The normalized spacial score (nSPS) is 11.0. The van der Waals surface area contributed by atoms with Crippen molar-refractivity contribution in [2.24, 2.45) is 0 Å². The smallest absolute Gasteiger partial charge is 0.256 e. The Labute approximate surface area is 141 Å². The summed E-state index contributed by atoms with van der Waals surface area (Å²) >= 11 is 0. The first-order chi connectivity index (χ1) is 11.6. The van der Waals surface area contributed by atoms with Gasteiger partial charge in [0, 0.05) is 18.4 Å². The number of nitrogens with one attached hydrogen (secondary N) is 1. The summed E-state index contributed by atoms with van der Waals surface area (Å²) in [5, 5.41) is 7.40. The molecule has 3 rings (SSSR count). The average Bonchev–Trinajstić information content (AvgIpc) is 3.23. The van der Waals surface area contributed by atoms with Crippen molar-refractivity contribution in [3.05, 3.63) is 66.1 Å². The molecule has 0 radical (unpaired) electrons. The monoisotopic (exact) mass is 322 g/mol. The molecule has 0 bridgehead atoms. The minimum atomic E-state index is -0.120. The van der Waals surface area contributed by atoms with Crippen LogP contribution in [0.15, 0.2) is 55.0 Å². The Morgan fingerprint density at radius 3 is 2.42 bits per heavy atom. The quantitative estimate of drug-likeness (QED) is 0.783. The SMILES string of the molecule is CCc1ccc(-n2ncc(C(=O)NC(C)C)c2-n2cccc2)cc1. The van der Waals surface area contributed by atoms with Crippen molar-refractivity contribution in [2.45, 2.75) is 33.2 Å². The van der Waals surface area contributed by atoms with Crippen molar-refractivity contribution < 1.29 is 4.79 Å². The van der Waals surface area contributed by atoms with Gasteiger partial charge < -0.3 is 9.88 Å². The van der Waals surface area contributed by atoms with Crippen LogP contribution in [0.4, 0.5) is 0 Å². The lowest BCUT2D eigenvalue weighted by Gasteiger charge is -2.12. The maximum absolute atomic E-state index is 12.5. The predicted molar refractivity (Wildman–Crippen MR) is 94.9 cm³/mol. The Hall–Kier alpha value is -2.82. The molecule has 3 aromatic rings. The standard InChI is InChI=1S/C19H22N4O/c1-4-15-7-9-16(10-8-15)23-19(22-11-5-6-12-22)17(13-20-23)18(24)21-14(2)3/h5-14H,4H2,1-3H3,(H,21,24). The summed E-state index contributed by atoms with van der Waals surface area (Å²) in [5.74, 6) is 0.618. The maximum atomic E-state index is 12.5. The number of benzene rings is 1. The second-order valence-electron chi connectivity index (χ2n) is 6.03. The molecule has 0 aliphatic heterocycles. The van der Waals surface area contributed by atoms with Crippen LogP contribution in [0, 0.1) is 0 Å². The van der Waals surface area contributed by atoms with Crippen LogP contribution in [0.1, 0.15) is 36.7 Å². The lowest BCUT2D eigenvalue weighted by Crippen LogP contribution is -2.30. The van der Waals surface area contributed by atoms with Gasteiger partial charge in [0.15, 0.2) is 5.82 Å². The molecule has 1 N–H and O–H groups in total. The molecular weight excluding hydrogens is 300 g/mol. The van der Waals surface area contributed by atoms with Gasteiger partial charge in [0.05, 0.1) is 11.9 Å². The molecule has 0 saturated heterocycles. The van der Waals surface area contributed by atoms with E-state index in [2.05, 4.69) is 29.5 Å². The van der Waals surface area contributed by atoms with Crippen LogP contribution in [-0.4, -0.2) is 26.3 Å². The van der Waals surface area contributed by atoms with Crippen LogP contribution < -0.4 is 5.32 Å². The van der Waals surface area contributed by atoms with Crippen LogP contribution in [-0.2, 0) is 6.42 Å². The number of amides is 1. The van der Waals surface area contributed by atoms with E-state index in [1.165, 1.54) is 5.56 Å². The Morgan fingerprint density at radius 1 is 1.17 bits per heavy atom. The van der Waals surface area contributed by atoms with E-state index in [1.54, 1.807) is 10.9 Å². The summed E-state index contributed by atoms with van der Waals surface area (Å²) < 4.78 is 3.71. The van der Waals surface area contributed by atoms with E-state index in [-0.39, 0.29) is 11.9 Å². The largest absolute Gasteiger partial charge is 0.350 e. The van der Waals surface area contributed by atoms with Crippen LogP contribution in [0.5, 0.6) is 0 Å². The van der Waals surface area contributed by atoms with E-state index >= 15 is 0 Å². The zero-order valence-corrected chi connectivity index (χ0v) is 14.2. The first kappa shape index (κ1) is 16.1. The van der Waals surface area contributed by atoms with E-state index in [9.17, 15) is 4.79 Å². The maximum Gasteiger partial charge on any atom is 0.256 e. The molecule has 24 heavy (non-hydrogen) atoms. The molecule has 1 amide bonds. The first-order valence-corrected chi connectivity index (χ1v) is 8.21. The number of nitrogens with zero attached hydrogens (tertiary/aromatic N) is 3. The van der Waals surface area contributed by atoms with Crippen molar-refractivity contribution in [3.8, 4) is 11.5 Å². The summed E-state index contributed by atoms with van der Waals surface area (Å²) in [7, 11) is 0. The third kappa shape index (κ3) is 3.11. The number of hydrogen-bond acceptors (Lipinski definition) is 2. The minimum absolute atomic E-state index is 0.0715. The second kappa shape index (κ2) is 6.74. The molecule has 0 aliphatic rings. The molecule has 124 valence electrons. The zero-order valence-electron chi connectivity index (χ0n) is 14.2. The van der Waals surface area contributed by atoms with Crippen LogP contribution in [0.3, 0.4) is 0 Å². The van der Waals surface area contributed by atoms with E-state index < -0.39 is 0 Å². The van der Waals surface area contributed by atoms with Gasteiger partial charge in [0.2, 0.25) is 0 Å². The number of hydrogen-bond donors (Lipinski definition) is 1. The lowest BCUT2D eigenvalue weighted by molar-refractivity contribution is 0.0943. The molecule has 0 atom stereocenters. The van der Waals surface area contributed by atoms with Crippen molar-refractivity contribution in [3.63, 3.8) is 0 Å². The topological polar surface area (TPSA) is 51.9 Å². The Balaban J connectivity index is 2.09. The van der Waals surface area contributed by atoms with E-state index in [0.717, 1.165) is 17.9 Å². The molecule has 5 nitrogen and oxygen atoms in total. The highest BCUT2D eigenvalue weighted by Crippen LogP contribution is 2.20. The van der Waals surface area contributed by atoms with Crippen LogP contribution in [0.25, 0.3) is 11.5 Å². The van der Waals surface area contributed by atoms with Crippen LogP contribution in [0.2, 0.25) is 0 Å². The molecule has 0 saturated carbocycles. The fourth-order valence-electron chi connectivity index (χ4n) is 2.63. The Morgan fingerprint density at radius 2 is 1.83 bits per heavy atom. The van der Waals surface area contributed by atoms with Gasteiger partial charge in [-0.3, -0.25) is 4.79 Å². The third-order valence-corrected chi connectivity index (χ3v) is 3.85. The van der Waals surface area contributed by atoms with Gasteiger partial charge in [-0.05, 0) is 50.1 Å². The molecule has 0 spiro atoms. The molecule has 2 aromatic heterocycles. The summed E-state index contributed by atoms with van der Waals surface area (Å²) in [4.78, 5) is 12.5. The second-order valence-corrected chi connectivity index (χ2v) is 6.03. The highest BCUT2D eigenvalue weighted by atomic mass is 16.1. The Bertz CT molecular complexity index is 814. The summed E-state index contributed by atoms with van der Waals surface area (Å²) in [6.07, 6.45) is 6.45. The zero-order chi connectivity index (χ0) is 17.1. The van der Waals surface area contributed by atoms with Crippen molar-refractivity contribution in [2.75, 3.05) is 0 Å². The first-order valence-electron chi connectivity index (χ1n) is 8.21. The average molecular weight is 322 g/mol. The van der Waals surface area contributed by atoms with Gasteiger partial charge in [0.25, 0.3) is 5.91 Å². The molecule has 0 unspecified atom stereocenters. The molecular formula is C19H22N4O. The highest BCUT2D eigenvalue weighted by molar-refractivity contribution is 5.97. The molecule has 5 heteroatoms. The number of carbonyl (C=O) groups excluding carboxylic acids is 1. The fraction of sp³-hybridized carbons (Fsp3) is 0.263. The van der Waals surface area contributed by atoms with Gasteiger partial charge in [-0.15, -0.1) is 0 Å². The van der Waals surface area contributed by atoms with E-state index in [4.69, 9.17) is 0 Å². The van der Waals surface area contributed by atoms with Gasteiger partial charge in [-0.1, -0.05) is 19.1 Å². The van der Waals surface area contributed by atoms with Gasteiger partial charge in [-0.2, -0.15) is 5.10 Å². The fourth-order valence-corrected chi connectivity index (χ4v) is 2.63. The Kier molecular flexibility index (Phi) is 4.51. The van der Waals surface area contributed by atoms with Gasteiger partial charge >= 0.3 is 0 Å². The van der Waals surface area contributed by atoms with E-state index in [1.807, 2.05) is 55.1 Å². The lowest BCUT2D eigenvalue weighted by atomic mass is 10.1. The summed E-state index contributed by atoms with van der Waals surface area (Å²) in [6, 6.07) is 12.2. The number of carbonyl (C=O) groups is 1. The predicted octanol–water partition coefficient (Wildman–Crippen LogP) is 3.36.